The van der Waals surface area contributed by atoms with E-state index >= 15 is 0 Å². The van der Waals surface area contributed by atoms with Crippen molar-refractivity contribution in [3.63, 3.8) is 0 Å². The van der Waals surface area contributed by atoms with E-state index < -0.39 is 0 Å². The summed E-state index contributed by atoms with van der Waals surface area (Å²) in [6.07, 6.45) is 4.54. The molecule has 1 aliphatic rings. The summed E-state index contributed by atoms with van der Waals surface area (Å²) in [6.45, 7) is 1.70. The fourth-order valence-corrected chi connectivity index (χ4v) is 4.16. The molecule has 0 bridgehead atoms. The van der Waals surface area contributed by atoms with Gasteiger partial charge in [0.1, 0.15) is 0 Å². The lowest BCUT2D eigenvalue weighted by molar-refractivity contribution is -0.130. The minimum atomic E-state index is 0.184. The monoisotopic (exact) mass is 370 g/mol. The van der Waals surface area contributed by atoms with Crippen LogP contribution in [0.2, 0.25) is 0 Å². The van der Waals surface area contributed by atoms with E-state index in [2.05, 4.69) is 27.3 Å². The lowest BCUT2D eigenvalue weighted by atomic mass is 10.1. The SMILES string of the molecule is O=C(CCc1nnc(CCc2c[nH]c3ccccc23)o1)N1CCSCC1. The van der Waals surface area contributed by atoms with Crippen LogP contribution < -0.4 is 0 Å². The van der Waals surface area contributed by atoms with Crippen LogP contribution >= 0.6 is 11.8 Å². The number of para-hydroxylation sites is 1. The second-order valence-electron chi connectivity index (χ2n) is 6.44. The Morgan fingerprint density at radius 3 is 2.73 bits per heavy atom. The molecule has 2 aromatic heterocycles. The van der Waals surface area contributed by atoms with Gasteiger partial charge in [0.05, 0.1) is 0 Å². The lowest BCUT2D eigenvalue weighted by Crippen LogP contribution is -2.37. The molecule has 4 rings (SSSR count). The highest BCUT2D eigenvalue weighted by Gasteiger charge is 2.17. The molecule has 6 nitrogen and oxygen atoms in total. The van der Waals surface area contributed by atoms with Gasteiger partial charge >= 0.3 is 0 Å². The maximum Gasteiger partial charge on any atom is 0.223 e. The number of aromatic amines is 1. The Labute approximate surface area is 156 Å². The fraction of sp³-hybridized carbons (Fsp3) is 0.421. The van der Waals surface area contributed by atoms with Crippen molar-refractivity contribution in [1.29, 1.82) is 0 Å². The first kappa shape index (κ1) is 17.1. The molecule has 3 aromatic rings. The Kier molecular flexibility index (Phi) is 5.24. The van der Waals surface area contributed by atoms with Crippen LogP contribution in [0.1, 0.15) is 23.8 Å². The number of thioether (sulfide) groups is 1. The molecule has 26 heavy (non-hydrogen) atoms. The molecule has 136 valence electrons. The number of fused-ring (bicyclic) bond motifs is 1. The molecule has 1 aromatic carbocycles. The largest absolute Gasteiger partial charge is 0.425 e. The molecule has 0 saturated carbocycles. The molecule has 0 spiro atoms. The maximum atomic E-state index is 12.2. The number of rotatable bonds is 6. The van der Waals surface area contributed by atoms with Gasteiger partial charge in [-0.3, -0.25) is 4.79 Å². The van der Waals surface area contributed by atoms with E-state index in [1.165, 1.54) is 10.9 Å². The maximum absolute atomic E-state index is 12.2. The van der Waals surface area contributed by atoms with Crippen LogP contribution in [0.25, 0.3) is 10.9 Å². The number of benzene rings is 1. The third-order valence-electron chi connectivity index (χ3n) is 4.71. The number of carbonyl (C=O) groups is 1. The van der Waals surface area contributed by atoms with Gasteiger partial charge in [-0.1, -0.05) is 18.2 Å². The van der Waals surface area contributed by atoms with Gasteiger partial charge in [-0.2, -0.15) is 11.8 Å². The predicted octanol–water partition coefficient (Wildman–Crippen LogP) is 2.84. The molecule has 1 N–H and O–H groups in total. The highest BCUT2D eigenvalue weighted by Crippen LogP contribution is 2.19. The molecule has 1 amide bonds. The summed E-state index contributed by atoms with van der Waals surface area (Å²) < 4.78 is 5.72. The number of amides is 1. The van der Waals surface area contributed by atoms with Gasteiger partial charge in [0.15, 0.2) is 0 Å². The van der Waals surface area contributed by atoms with E-state index in [0.29, 0.717) is 31.0 Å². The fourth-order valence-electron chi connectivity index (χ4n) is 3.26. The van der Waals surface area contributed by atoms with Crippen molar-refractivity contribution >= 4 is 28.6 Å². The smallest absolute Gasteiger partial charge is 0.223 e. The van der Waals surface area contributed by atoms with Crippen molar-refractivity contribution in [3.05, 3.63) is 47.8 Å². The molecular weight excluding hydrogens is 348 g/mol. The van der Waals surface area contributed by atoms with Crippen LogP contribution in [-0.4, -0.2) is 50.6 Å². The van der Waals surface area contributed by atoms with Crippen molar-refractivity contribution in [2.75, 3.05) is 24.6 Å². The van der Waals surface area contributed by atoms with Gasteiger partial charge in [-0.25, -0.2) is 0 Å². The van der Waals surface area contributed by atoms with E-state index in [1.807, 2.05) is 35.0 Å². The average molecular weight is 370 g/mol. The molecule has 0 radical (unpaired) electrons. The van der Waals surface area contributed by atoms with Crippen molar-refractivity contribution in [2.24, 2.45) is 0 Å². The van der Waals surface area contributed by atoms with Crippen LogP contribution in [0.3, 0.4) is 0 Å². The normalized spacial score (nSPS) is 14.8. The van der Waals surface area contributed by atoms with Crippen LogP contribution in [0.15, 0.2) is 34.9 Å². The first-order valence-electron chi connectivity index (χ1n) is 9.01. The third-order valence-corrected chi connectivity index (χ3v) is 5.65. The number of aromatic nitrogens is 3. The summed E-state index contributed by atoms with van der Waals surface area (Å²) in [5, 5.41) is 9.46. The highest BCUT2D eigenvalue weighted by molar-refractivity contribution is 7.99. The summed E-state index contributed by atoms with van der Waals surface area (Å²) in [5.41, 5.74) is 2.39. The predicted molar refractivity (Wildman–Crippen MR) is 102 cm³/mol. The minimum absolute atomic E-state index is 0.184. The molecule has 0 atom stereocenters. The number of nitrogens with zero attached hydrogens (tertiary/aromatic N) is 3. The average Bonchev–Trinajstić information content (AvgIpc) is 3.32. The van der Waals surface area contributed by atoms with Crippen LogP contribution in [0.5, 0.6) is 0 Å². The molecule has 0 unspecified atom stereocenters. The topological polar surface area (TPSA) is 75.0 Å². The zero-order valence-electron chi connectivity index (χ0n) is 14.6. The second kappa shape index (κ2) is 7.95. The minimum Gasteiger partial charge on any atom is -0.425 e. The quantitative estimate of drug-likeness (QED) is 0.722. The van der Waals surface area contributed by atoms with Gasteiger partial charge < -0.3 is 14.3 Å². The molecular formula is C19H22N4O2S. The van der Waals surface area contributed by atoms with Crippen LogP contribution in [0, 0.1) is 0 Å². The van der Waals surface area contributed by atoms with E-state index in [1.54, 1.807) is 0 Å². The number of carbonyl (C=O) groups excluding carboxylic acids is 1. The zero-order chi connectivity index (χ0) is 17.8. The number of hydrogen-bond donors (Lipinski definition) is 1. The van der Waals surface area contributed by atoms with E-state index in [9.17, 15) is 4.79 Å². The van der Waals surface area contributed by atoms with Crippen molar-refractivity contribution in [2.45, 2.75) is 25.7 Å². The number of nitrogens with one attached hydrogen (secondary N) is 1. The van der Waals surface area contributed by atoms with Gasteiger partial charge in [-0.05, 0) is 18.1 Å². The number of H-pyrrole nitrogens is 1. The van der Waals surface area contributed by atoms with E-state index in [4.69, 9.17) is 4.42 Å². The second-order valence-corrected chi connectivity index (χ2v) is 7.67. The highest BCUT2D eigenvalue weighted by atomic mass is 32.2. The number of hydrogen-bond acceptors (Lipinski definition) is 5. The summed E-state index contributed by atoms with van der Waals surface area (Å²) in [6, 6.07) is 8.26. The number of aryl methyl sites for hydroxylation is 3. The molecule has 1 saturated heterocycles. The summed E-state index contributed by atoms with van der Waals surface area (Å²) >= 11 is 1.90. The molecule has 0 aliphatic carbocycles. The first-order chi connectivity index (χ1) is 12.8. The van der Waals surface area contributed by atoms with E-state index in [0.717, 1.165) is 36.5 Å². The Morgan fingerprint density at radius 2 is 1.88 bits per heavy atom. The summed E-state index contributed by atoms with van der Waals surface area (Å²) in [5.74, 6) is 3.43. The van der Waals surface area contributed by atoms with E-state index in [-0.39, 0.29) is 5.91 Å². The summed E-state index contributed by atoms with van der Waals surface area (Å²) in [4.78, 5) is 17.4. The van der Waals surface area contributed by atoms with Gasteiger partial charge in [-0.15, -0.1) is 10.2 Å². The molecule has 3 heterocycles. The zero-order valence-corrected chi connectivity index (χ0v) is 15.4. The van der Waals surface area contributed by atoms with Crippen LogP contribution in [-0.2, 0) is 24.1 Å². The standard InChI is InChI=1S/C19H22N4O2S/c24-19(23-9-11-26-12-10-23)8-7-18-22-21-17(25-18)6-5-14-13-20-16-4-2-1-3-15(14)16/h1-4,13,20H,5-12H2. The Hall–Kier alpha value is -2.28. The van der Waals surface area contributed by atoms with Gasteiger partial charge in [0, 0.05) is 61.0 Å². The lowest BCUT2D eigenvalue weighted by Gasteiger charge is -2.26. The molecule has 1 fully saturated rings. The van der Waals surface area contributed by atoms with Gasteiger partial charge in [0.2, 0.25) is 17.7 Å². The van der Waals surface area contributed by atoms with Crippen molar-refractivity contribution in [3.8, 4) is 0 Å². The van der Waals surface area contributed by atoms with Crippen molar-refractivity contribution in [1.82, 2.24) is 20.1 Å². The Morgan fingerprint density at radius 1 is 1.12 bits per heavy atom. The summed E-state index contributed by atoms with van der Waals surface area (Å²) in [7, 11) is 0. The Bertz CT molecular complexity index is 882. The van der Waals surface area contributed by atoms with Crippen molar-refractivity contribution < 1.29 is 9.21 Å². The third kappa shape index (κ3) is 3.93. The van der Waals surface area contributed by atoms with Gasteiger partial charge in [0.25, 0.3) is 0 Å². The first-order valence-corrected chi connectivity index (χ1v) is 10.2. The Balaban J connectivity index is 1.29. The van der Waals surface area contributed by atoms with Crippen LogP contribution in [0.4, 0.5) is 0 Å². The molecule has 7 heteroatoms. The molecule has 1 aliphatic heterocycles.